The van der Waals surface area contributed by atoms with E-state index in [0.29, 0.717) is 10.6 Å². The Hall–Kier alpha value is -3.35. The van der Waals surface area contributed by atoms with Crippen LogP contribution in [-0.4, -0.2) is 31.6 Å². The van der Waals surface area contributed by atoms with Crippen molar-refractivity contribution in [3.63, 3.8) is 0 Å². The molecule has 3 aromatic rings. The molecule has 0 unspecified atom stereocenters. The number of thiazole rings is 1. The fourth-order valence-corrected chi connectivity index (χ4v) is 4.60. The molecule has 0 aliphatic rings. The van der Waals surface area contributed by atoms with Crippen LogP contribution in [0.25, 0.3) is 0 Å². The van der Waals surface area contributed by atoms with E-state index in [1.165, 1.54) is 30.7 Å². The Balaban J connectivity index is 1.81. The van der Waals surface area contributed by atoms with Gasteiger partial charge in [-0.15, -0.1) is 11.3 Å². The van der Waals surface area contributed by atoms with E-state index in [1.54, 1.807) is 0 Å². The lowest BCUT2D eigenvalue weighted by molar-refractivity contribution is -0.136. The Morgan fingerprint density at radius 3 is 2.73 bits per heavy atom. The van der Waals surface area contributed by atoms with E-state index in [0.717, 1.165) is 22.5 Å². The number of benzene rings is 2. The summed E-state index contributed by atoms with van der Waals surface area (Å²) in [5, 5.41) is 10.5. The molecule has 2 aromatic carbocycles. The maximum Gasteiger partial charge on any atom is 0.307 e. The van der Waals surface area contributed by atoms with Gasteiger partial charge in [0.15, 0.2) is 10.0 Å². The summed E-state index contributed by atoms with van der Waals surface area (Å²) in [5.74, 6) is 5.07. The van der Waals surface area contributed by atoms with E-state index in [-0.39, 0.29) is 22.9 Å². The average molecular weight is 443 g/mol. The van der Waals surface area contributed by atoms with Crippen molar-refractivity contribution >= 4 is 33.0 Å². The highest BCUT2D eigenvalue weighted by molar-refractivity contribution is 7.92. The number of ether oxygens (including phenoxy) is 1. The summed E-state index contributed by atoms with van der Waals surface area (Å²) in [7, 11) is -2.59. The molecule has 30 heavy (non-hydrogen) atoms. The molecule has 0 bridgehead atoms. The van der Waals surface area contributed by atoms with Crippen LogP contribution in [0.5, 0.6) is 5.75 Å². The second-order valence-electron chi connectivity index (χ2n) is 6.32. The van der Waals surface area contributed by atoms with Crippen LogP contribution in [0.2, 0.25) is 0 Å². The van der Waals surface area contributed by atoms with E-state index >= 15 is 0 Å². The van der Waals surface area contributed by atoms with Crippen LogP contribution in [0.15, 0.2) is 52.9 Å². The quantitative estimate of drug-likeness (QED) is 0.568. The maximum atomic E-state index is 12.7. The highest BCUT2D eigenvalue weighted by atomic mass is 32.2. The molecule has 0 spiro atoms. The second kappa shape index (κ2) is 8.98. The lowest BCUT2D eigenvalue weighted by Gasteiger charge is -2.11. The SMILES string of the molecule is COc1cc(CC(=O)O)ccc1NS(=O)(=O)c1csc(C#Cc2cccc(C)c2)n1. The predicted octanol–water partition coefficient (Wildman–Crippen LogP) is 3.29. The highest BCUT2D eigenvalue weighted by Gasteiger charge is 2.20. The molecule has 1 aromatic heterocycles. The van der Waals surface area contributed by atoms with Crippen LogP contribution in [0.4, 0.5) is 5.69 Å². The number of methoxy groups -OCH3 is 1. The van der Waals surface area contributed by atoms with Gasteiger partial charge in [-0.1, -0.05) is 24.1 Å². The molecule has 1 heterocycles. The number of nitrogens with one attached hydrogen (secondary N) is 1. The first-order chi connectivity index (χ1) is 14.3. The van der Waals surface area contributed by atoms with Crippen LogP contribution in [0.1, 0.15) is 21.7 Å². The van der Waals surface area contributed by atoms with Gasteiger partial charge in [0, 0.05) is 10.9 Å². The number of hydrogen-bond donors (Lipinski definition) is 2. The van der Waals surface area contributed by atoms with Crippen molar-refractivity contribution in [2.45, 2.75) is 18.4 Å². The summed E-state index contributed by atoms with van der Waals surface area (Å²) in [5.41, 5.74) is 2.58. The molecular formula is C21H18N2O5S2. The van der Waals surface area contributed by atoms with E-state index in [9.17, 15) is 13.2 Å². The normalized spacial score (nSPS) is 10.7. The van der Waals surface area contributed by atoms with Gasteiger partial charge in [-0.05, 0) is 48.2 Å². The molecule has 0 saturated heterocycles. The van der Waals surface area contributed by atoms with Gasteiger partial charge in [-0.2, -0.15) is 8.42 Å². The summed E-state index contributed by atoms with van der Waals surface area (Å²) in [6.45, 7) is 1.97. The van der Waals surface area contributed by atoms with Crippen molar-refractivity contribution in [1.29, 1.82) is 0 Å². The number of carboxylic acids is 1. The van der Waals surface area contributed by atoms with Crippen molar-refractivity contribution in [1.82, 2.24) is 4.98 Å². The van der Waals surface area contributed by atoms with E-state index < -0.39 is 16.0 Å². The van der Waals surface area contributed by atoms with Crippen LogP contribution in [-0.2, 0) is 21.2 Å². The van der Waals surface area contributed by atoms with E-state index in [1.807, 2.05) is 31.2 Å². The first-order valence-electron chi connectivity index (χ1n) is 8.72. The molecule has 0 radical (unpaired) electrons. The standard InChI is InChI=1S/C21H18N2O5S2/c1-14-4-3-5-15(10-14)7-9-19-22-20(13-29-19)30(26,27)23-17-8-6-16(12-21(24)25)11-18(17)28-2/h3-6,8,10-11,13,23H,12H2,1-2H3,(H,24,25). The third-order valence-electron chi connectivity index (χ3n) is 3.96. The van der Waals surface area contributed by atoms with Crippen LogP contribution >= 0.6 is 11.3 Å². The van der Waals surface area contributed by atoms with E-state index in [2.05, 4.69) is 21.5 Å². The zero-order valence-corrected chi connectivity index (χ0v) is 17.8. The first kappa shape index (κ1) is 21.4. The van der Waals surface area contributed by atoms with Crippen LogP contribution in [0, 0.1) is 18.8 Å². The van der Waals surface area contributed by atoms with Gasteiger partial charge in [-0.25, -0.2) is 4.98 Å². The molecule has 9 heteroatoms. The Morgan fingerprint density at radius 2 is 2.03 bits per heavy atom. The number of hydrogen-bond acceptors (Lipinski definition) is 6. The second-order valence-corrected chi connectivity index (χ2v) is 8.81. The van der Waals surface area contributed by atoms with Gasteiger partial charge in [0.2, 0.25) is 0 Å². The van der Waals surface area contributed by atoms with Gasteiger partial charge in [-0.3, -0.25) is 9.52 Å². The molecule has 0 atom stereocenters. The number of nitrogens with zero attached hydrogens (tertiary/aromatic N) is 1. The molecule has 0 saturated carbocycles. The summed E-state index contributed by atoms with van der Waals surface area (Å²) < 4.78 is 33.0. The zero-order chi connectivity index (χ0) is 21.7. The van der Waals surface area contributed by atoms with Gasteiger partial charge in [0.25, 0.3) is 10.0 Å². The number of carboxylic acid groups (broad SMARTS) is 1. The summed E-state index contributed by atoms with van der Waals surface area (Å²) in [6, 6.07) is 12.1. The van der Waals surface area contributed by atoms with Gasteiger partial charge in [0.1, 0.15) is 5.75 Å². The molecule has 0 amide bonds. The van der Waals surface area contributed by atoms with Crippen molar-refractivity contribution in [2.24, 2.45) is 0 Å². The molecule has 2 N–H and O–H groups in total. The molecule has 7 nitrogen and oxygen atoms in total. The molecule has 0 fully saturated rings. The Kier molecular flexibility index (Phi) is 6.40. The largest absolute Gasteiger partial charge is 0.495 e. The highest BCUT2D eigenvalue weighted by Crippen LogP contribution is 2.28. The van der Waals surface area contributed by atoms with Crippen molar-refractivity contribution < 1.29 is 23.1 Å². The average Bonchev–Trinajstić information content (AvgIpc) is 3.17. The monoisotopic (exact) mass is 442 g/mol. The Morgan fingerprint density at radius 1 is 1.23 bits per heavy atom. The minimum absolute atomic E-state index is 0.155. The van der Waals surface area contributed by atoms with Crippen molar-refractivity contribution in [3.8, 4) is 17.6 Å². The van der Waals surface area contributed by atoms with Gasteiger partial charge >= 0.3 is 5.97 Å². The lowest BCUT2D eigenvalue weighted by Crippen LogP contribution is -2.14. The molecular weight excluding hydrogens is 424 g/mol. The Bertz CT molecular complexity index is 1250. The van der Waals surface area contributed by atoms with E-state index in [4.69, 9.17) is 9.84 Å². The topological polar surface area (TPSA) is 106 Å². The maximum absolute atomic E-state index is 12.7. The van der Waals surface area contributed by atoms with Crippen LogP contribution in [0.3, 0.4) is 0 Å². The molecule has 154 valence electrons. The third kappa shape index (κ3) is 5.37. The number of rotatable bonds is 6. The smallest absolute Gasteiger partial charge is 0.307 e. The minimum Gasteiger partial charge on any atom is -0.495 e. The predicted molar refractivity (Wildman–Crippen MR) is 114 cm³/mol. The van der Waals surface area contributed by atoms with Crippen LogP contribution < -0.4 is 9.46 Å². The molecule has 0 aliphatic heterocycles. The van der Waals surface area contributed by atoms with Gasteiger partial charge < -0.3 is 9.84 Å². The molecule has 3 rings (SSSR count). The number of anilines is 1. The minimum atomic E-state index is -3.97. The number of aromatic nitrogens is 1. The Labute approximate surface area is 178 Å². The third-order valence-corrected chi connectivity index (χ3v) is 6.11. The summed E-state index contributed by atoms with van der Waals surface area (Å²) in [6.07, 6.45) is -0.196. The lowest BCUT2D eigenvalue weighted by atomic mass is 10.1. The number of sulfonamides is 1. The fraction of sp³-hybridized carbons (Fsp3) is 0.143. The van der Waals surface area contributed by atoms with Crippen molar-refractivity contribution in [3.05, 3.63) is 69.5 Å². The summed E-state index contributed by atoms with van der Waals surface area (Å²) >= 11 is 1.13. The van der Waals surface area contributed by atoms with Gasteiger partial charge in [0.05, 0.1) is 19.2 Å². The number of aryl methyl sites for hydroxylation is 1. The van der Waals surface area contributed by atoms with Crippen molar-refractivity contribution in [2.75, 3.05) is 11.8 Å². The molecule has 0 aliphatic carbocycles. The first-order valence-corrected chi connectivity index (χ1v) is 11.1. The number of aliphatic carboxylic acids is 1. The fourth-order valence-electron chi connectivity index (χ4n) is 2.59. The number of carbonyl (C=O) groups is 1. The summed E-state index contributed by atoms with van der Waals surface area (Å²) in [4.78, 5) is 15.0. The zero-order valence-electron chi connectivity index (χ0n) is 16.2.